The van der Waals surface area contributed by atoms with E-state index in [0.29, 0.717) is 47.5 Å². The fourth-order valence-corrected chi connectivity index (χ4v) is 7.31. The molecule has 0 radical (unpaired) electrons. The number of nitrogens with two attached hydrogens (primary N) is 1. The molecule has 4 amide bonds. The van der Waals surface area contributed by atoms with Gasteiger partial charge in [0.05, 0.1) is 17.5 Å². The van der Waals surface area contributed by atoms with Gasteiger partial charge in [-0.3, -0.25) is 9.59 Å². The number of fused-ring (bicyclic) bond motifs is 1. The minimum atomic E-state index is -3.94. The van der Waals surface area contributed by atoms with Crippen LogP contribution in [0.1, 0.15) is 21.5 Å². The largest absolute Gasteiger partial charge is 0.335 e. The van der Waals surface area contributed by atoms with Crippen molar-refractivity contribution in [3.63, 3.8) is 0 Å². The van der Waals surface area contributed by atoms with Crippen LogP contribution in [-0.2, 0) is 27.5 Å². The van der Waals surface area contributed by atoms with Crippen molar-refractivity contribution in [1.82, 2.24) is 10.6 Å². The molecule has 2 heterocycles. The number of benzene rings is 4. The Morgan fingerprint density at radius 2 is 1.60 bits per heavy atom. The Morgan fingerprint density at radius 3 is 2.24 bits per heavy atom. The van der Waals surface area contributed by atoms with Gasteiger partial charge in [-0.05, 0) is 65.9 Å². The summed E-state index contributed by atoms with van der Waals surface area (Å²) in [5.74, 6) is -0.571. The number of sulfone groups is 1. The van der Waals surface area contributed by atoms with Gasteiger partial charge < -0.3 is 26.6 Å². The first-order chi connectivity index (χ1) is 21.2. The van der Waals surface area contributed by atoms with Gasteiger partial charge in [-0.2, -0.15) is 0 Å². The van der Waals surface area contributed by atoms with Gasteiger partial charge in [0.15, 0.2) is 5.37 Å². The Hall–Kier alpha value is -4.71. The van der Waals surface area contributed by atoms with Crippen LogP contribution in [0, 0.1) is 0 Å². The van der Waals surface area contributed by atoms with Gasteiger partial charge >= 0.3 is 6.03 Å². The second kappa shape index (κ2) is 13.1. The summed E-state index contributed by atoms with van der Waals surface area (Å²) in [6.45, 7) is 0.332. The highest BCUT2D eigenvalue weighted by molar-refractivity contribution is 7.92. The van der Waals surface area contributed by atoms with Crippen molar-refractivity contribution in [3.05, 3.63) is 114 Å². The molecule has 4 aromatic rings. The van der Waals surface area contributed by atoms with Crippen molar-refractivity contribution in [2.24, 2.45) is 5.73 Å². The second-order valence-electron chi connectivity index (χ2n) is 10.8. The molecule has 2 aliphatic heterocycles. The van der Waals surface area contributed by atoms with Crippen molar-refractivity contribution in [3.8, 4) is 11.1 Å². The number of urea groups is 1. The Kier molecular flexibility index (Phi) is 9.24. The average Bonchev–Trinajstić information content (AvgIpc) is 3.68. The van der Waals surface area contributed by atoms with Crippen molar-refractivity contribution in [2.75, 3.05) is 23.3 Å². The summed E-state index contributed by atoms with van der Waals surface area (Å²) in [6, 6.07) is 27.2. The Morgan fingerprint density at radius 1 is 0.933 bits per heavy atom. The topological polar surface area (TPSA) is 151 Å². The van der Waals surface area contributed by atoms with E-state index in [1.807, 2.05) is 60.7 Å². The lowest BCUT2D eigenvalue weighted by atomic mass is 9.97. The quantitative estimate of drug-likeness (QED) is 0.228. The van der Waals surface area contributed by atoms with E-state index in [0.717, 1.165) is 11.1 Å². The first kappa shape index (κ1) is 31.7. The standard InChI is InChI=1S/C33H31N5O5S.ClH/c34-26(19-21-7-3-1-4-8-21)31(39)36-24-13-11-23(12-14-24)32(40)38-18-17-25-27(38)15-16-28(30(25)22-9-5-2-6-10-22)44(42,43)29-20-35-33(41)37-29;/h1-16,26,29H,17-20,34H2,(H,36,39)(H2,35,37,41);1H/t26?,29-;/m0./s1. The maximum Gasteiger partial charge on any atom is 0.315 e. The normalized spacial score (nSPS) is 16.2. The molecule has 6 rings (SSSR count). The number of anilines is 2. The van der Waals surface area contributed by atoms with Gasteiger partial charge in [0.25, 0.3) is 5.91 Å². The summed E-state index contributed by atoms with van der Waals surface area (Å²) in [7, 11) is -3.94. The van der Waals surface area contributed by atoms with E-state index >= 15 is 0 Å². The van der Waals surface area contributed by atoms with Gasteiger partial charge in [0, 0.05) is 29.0 Å². The lowest BCUT2D eigenvalue weighted by Gasteiger charge is -2.21. The monoisotopic (exact) mass is 645 g/mol. The lowest BCUT2D eigenvalue weighted by Crippen LogP contribution is -2.37. The highest BCUT2D eigenvalue weighted by Gasteiger charge is 2.38. The fraction of sp³-hybridized carbons (Fsp3) is 0.182. The van der Waals surface area contributed by atoms with Crippen molar-refractivity contribution >= 4 is 51.5 Å². The molecule has 1 unspecified atom stereocenters. The fourth-order valence-electron chi connectivity index (χ4n) is 5.66. The van der Waals surface area contributed by atoms with Crippen LogP contribution in [0.15, 0.2) is 102 Å². The third-order valence-electron chi connectivity index (χ3n) is 7.89. The van der Waals surface area contributed by atoms with Crippen LogP contribution >= 0.6 is 12.4 Å². The first-order valence-corrected chi connectivity index (χ1v) is 15.8. The van der Waals surface area contributed by atoms with Crippen molar-refractivity contribution in [1.29, 1.82) is 0 Å². The first-order valence-electron chi connectivity index (χ1n) is 14.2. The summed E-state index contributed by atoms with van der Waals surface area (Å²) >= 11 is 0. The molecule has 5 N–H and O–H groups in total. The van der Waals surface area contributed by atoms with Gasteiger partial charge in [-0.15, -0.1) is 12.4 Å². The number of nitrogens with one attached hydrogen (secondary N) is 3. The summed E-state index contributed by atoms with van der Waals surface area (Å²) in [5, 5.41) is 6.71. The molecule has 2 atom stereocenters. The maximum absolute atomic E-state index is 13.7. The van der Waals surface area contributed by atoms with E-state index in [9.17, 15) is 22.8 Å². The summed E-state index contributed by atoms with van der Waals surface area (Å²) in [5.41, 5.74) is 10.6. The van der Waals surface area contributed by atoms with E-state index in [2.05, 4.69) is 16.0 Å². The molecule has 10 nitrogen and oxygen atoms in total. The zero-order chi connectivity index (χ0) is 30.8. The van der Waals surface area contributed by atoms with Gasteiger partial charge in [0.2, 0.25) is 15.7 Å². The highest BCUT2D eigenvalue weighted by Crippen LogP contribution is 2.42. The molecule has 1 fully saturated rings. The Balaban J connectivity index is 0.00000400. The molecule has 4 aromatic carbocycles. The number of hydrogen-bond acceptors (Lipinski definition) is 6. The molecule has 0 bridgehead atoms. The van der Waals surface area contributed by atoms with Crippen LogP contribution in [-0.4, -0.2) is 50.8 Å². The van der Waals surface area contributed by atoms with E-state index in [-0.39, 0.29) is 35.7 Å². The minimum Gasteiger partial charge on any atom is -0.335 e. The van der Waals surface area contributed by atoms with Gasteiger partial charge in [0.1, 0.15) is 0 Å². The number of halogens is 1. The maximum atomic E-state index is 13.7. The summed E-state index contributed by atoms with van der Waals surface area (Å²) in [4.78, 5) is 39.8. The molecule has 45 heavy (non-hydrogen) atoms. The SMILES string of the molecule is Cl.NC(Cc1ccccc1)C(=O)Nc1ccc(C(=O)N2CCc3c2ccc(S(=O)(=O)[C@H]2CNC(=O)N2)c3-c2ccccc2)cc1. The molecule has 0 aliphatic carbocycles. The molecule has 0 spiro atoms. The minimum absolute atomic E-state index is 0. The van der Waals surface area contributed by atoms with Crippen molar-refractivity contribution in [2.45, 2.75) is 29.2 Å². The molecular weight excluding hydrogens is 614 g/mol. The predicted octanol–water partition coefficient (Wildman–Crippen LogP) is 3.90. The number of nitrogens with zero attached hydrogens (tertiary/aromatic N) is 1. The van der Waals surface area contributed by atoms with Crippen LogP contribution in [0.2, 0.25) is 0 Å². The van der Waals surface area contributed by atoms with E-state index < -0.39 is 27.3 Å². The second-order valence-corrected chi connectivity index (χ2v) is 12.9. The predicted molar refractivity (Wildman–Crippen MR) is 175 cm³/mol. The van der Waals surface area contributed by atoms with Gasteiger partial charge in [-0.25, -0.2) is 13.2 Å². The van der Waals surface area contributed by atoms with Crippen molar-refractivity contribution < 1.29 is 22.8 Å². The smallest absolute Gasteiger partial charge is 0.315 e. The van der Waals surface area contributed by atoms with Crippen LogP contribution in [0.3, 0.4) is 0 Å². The molecule has 232 valence electrons. The average molecular weight is 646 g/mol. The van der Waals surface area contributed by atoms with E-state index in [1.165, 1.54) is 6.07 Å². The molecule has 1 saturated heterocycles. The number of carbonyl (C=O) groups is 3. The molecule has 2 aliphatic rings. The van der Waals surface area contributed by atoms with Gasteiger partial charge in [-0.1, -0.05) is 60.7 Å². The van der Waals surface area contributed by atoms with E-state index in [4.69, 9.17) is 5.73 Å². The van der Waals surface area contributed by atoms with E-state index in [1.54, 1.807) is 35.2 Å². The Bertz CT molecular complexity index is 1840. The third kappa shape index (κ3) is 6.41. The molecule has 0 aromatic heterocycles. The number of amides is 4. The third-order valence-corrected chi connectivity index (χ3v) is 9.88. The Labute approximate surface area is 267 Å². The summed E-state index contributed by atoms with van der Waals surface area (Å²) in [6.07, 6.45) is 0.856. The molecule has 12 heteroatoms. The van der Waals surface area contributed by atoms with Crippen LogP contribution in [0.5, 0.6) is 0 Å². The highest BCUT2D eigenvalue weighted by atomic mass is 35.5. The van der Waals surface area contributed by atoms with Crippen LogP contribution in [0.25, 0.3) is 11.1 Å². The van der Waals surface area contributed by atoms with Crippen LogP contribution in [0.4, 0.5) is 16.2 Å². The summed E-state index contributed by atoms with van der Waals surface area (Å²) < 4.78 is 27.4. The number of rotatable bonds is 8. The lowest BCUT2D eigenvalue weighted by molar-refractivity contribution is -0.117. The van der Waals surface area contributed by atoms with Crippen LogP contribution < -0.4 is 26.6 Å². The molecular formula is C33H32ClN5O5S. The number of hydrogen-bond donors (Lipinski definition) is 4. The number of carbonyl (C=O) groups excluding carboxylic acids is 3. The molecule has 0 saturated carbocycles. The zero-order valence-electron chi connectivity index (χ0n) is 24.1. The zero-order valence-corrected chi connectivity index (χ0v) is 25.7.